The summed E-state index contributed by atoms with van der Waals surface area (Å²) in [7, 11) is 1.51. The van der Waals surface area contributed by atoms with Gasteiger partial charge in [-0.1, -0.05) is 0 Å². The van der Waals surface area contributed by atoms with Gasteiger partial charge in [-0.15, -0.1) is 6.42 Å². The average molecular weight is 114 g/mol. The first-order chi connectivity index (χ1) is 3.85. The highest BCUT2D eigenvalue weighted by molar-refractivity contribution is 4.88. The summed E-state index contributed by atoms with van der Waals surface area (Å²) in [5.74, 6) is 2.31. The molecular weight excluding hydrogens is 104 g/mol. The molecule has 0 aliphatic rings. The van der Waals surface area contributed by atoms with Crippen molar-refractivity contribution in [2.24, 2.45) is 0 Å². The molecule has 2 heteroatoms. The topological polar surface area (TPSA) is 18.5 Å². The van der Waals surface area contributed by atoms with Crippen LogP contribution < -0.4 is 0 Å². The molecule has 0 aromatic rings. The number of methoxy groups -OCH3 is 1. The predicted molar refractivity (Wildman–Crippen MR) is 31.3 cm³/mol. The number of hydrogen-bond donors (Lipinski definition) is 0. The third-order valence-electron chi connectivity index (χ3n) is 0.668. The Kier molecular flexibility index (Phi) is 4.33. The van der Waals surface area contributed by atoms with E-state index in [1.165, 1.54) is 7.11 Å². The Morgan fingerprint density at radius 3 is 2.50 bits per heavy atom. The molecule has 0 aromatic carbocycles. The number of rotatable bonds is 3. The fraction of sp³-hybridized carbons (Fsp3) is 0.667. The Bertz CT molecular complexity index is 83.0. The van der Waals surface area contributed by atoms with Gasteiger partial charge in [-0.2, -0.15) is 0 Å². The van der Waals surface area contributed by atoms with E-state index in [-0.39, 0.29) is 0 Å². The maximum absolute atomic E-state index is 4.97. The van der Waals surface area contributed by atoms with Crippen molar-refractivity contribution in [3.63, 3.8) is 0 Å². The van der Waals surface area contributed by atoms with Crippen LogP contribution in [0.4, 0.5) is 0 Å². The zero-order valence-electron chi connectivity index (χ0n) is 5.18. The predicted octanol–water partition coefficient (Wildman–Crippen LogP) is 0.629. The van der Waals surface area contributed by atoms with E-state index < -0.39 is 6.29 Å². The minimum Gasteiger partial charge on any atom is -0.345 e. The highest BCUT2D eigenvalue weighted by atomic mass is 16.7. The molecule has 8 heavy (non-hydrogen) atoms. The molecule has 0 aromatic heterocycles. The summed E-state index contributed by atoms with van der Waals surface area (Å²) in [6, 6.07) is 0. The lowest BCUT2D eigenvalue weighted by atomic mass is 10.6. The number of terminal acetylenes is 1. The molecule has 0 N–H and O–H groups in total. The Labute approximate surface area is 49.8 Å². The molecule has 0 amide bonds. The third kappa shape index (κ3) is 2.62. The smallest absolute Gasteiger partial charge is 0.221 e. The van der Waals surface area contributed by atoms with Crippen molar-refractivity contribution in [2.75, 3.05) is 13.7 Å². The van der Waals surface area contributed by atoms with Crippen LogP contribution in [0.15, 0.2) is 0 Å². The fourth-order valence-electron chi connectivity index (χ4n) is 0.336. The third-order valence-corrected chi connectivity index (χ3v) is 0.668. The number of hydrogen-bond acceptors (Lipinski definition) is 2. The second-order valence-electron chi connectivity index (χ2n) is 1.19. The van der Waals surface area contributed by atoms with Gasteiger partial charge in [-0.3, -0.25) is 0 Å². The van der Waals surface area contributed by atoms with Crippen molar-refractivity contribution in [3.05, 3.63) is 0 Å². The molecule has 46 valence electrons. The normalized spacial score (nSPS) is 12.6. The molecule has 0 aliphatic heterocycles. The van der Waals surface area contributed by atoms with Crippen molar-refractivity contribution in [2.45, 2.75) is 13.2 Å². The Morgan fingerprint density at radius 1 is 1.75 bits per heavy atom. The molecule has 0 fully saturated rings. The van der Waals surface area contributed by atoms with Crippen LogP contribution in [0.5, 0.6) is 0 Å². The summed E-state index contributed by atoms with van der Waals surface area (Å²) in [5.41, 5.74) is 0. The van der Waals surface area contributed by atoms with Gasteiger partial charge in [0.1, 0.15) is 0 Å². The van der Waals surface area contributed by atoms with Gasteiger partial charge < -0.3 is 9.47 Å². The fourth-order valence-corrected chi connectivity index (χ4v) is 0.336. The zero-order valence-corrected chi connectivity index (χ0v) is 5.18. The largest absolute Gasteiger partial charge is 0.345 e. The molecular formula is C6H10O2. The van der Waals surface area contributed by atoms with E-state index in [9.17, 15) is 0 Å². The van der Waals surface area contributed by atoms with Gasteiger partial charge >= 0.3 is 0 Å². The van der Waals surface area contributed by atoms with Gasteiger partial charge in [0.2, 0.25) is 6.29 Å². The summed E-state index contributed by atoms with van der Waals surface area (Å²) in [4.78, 5) is 0. The highest BCUT2D eigenvalue weighted by Gasteiger charge is 1.96. The molecule has 0 aliphatic carbocycles. The molecule has 0 heterocycles. The monoisotopic (exact) mass is 114 g/mol. The van der Waals surface area contributed by atoms with Gasteiger partial charge in [0.15, 0.2) is 0 Å². The van der Waals surface area contributed by atoms with E-state index in [4.69, 9.17) is 11.2 Å². The first-order valence-corrected chi connectivity index (χ1v) is 2.45. The minimum atomic E-state index is -0.472. The molecule has 0 saturated carbocycles. The first-order valence-electron chi connectivity index (χ1n) is 2.45. The zero-order chi connectivity index (χ0) is 6.41. The van der Waals surface area contributed by atoms with Crippen LogP contribution in [0.25, 0.3) is 0 Å². The van der Waals surface area contributed by atoms with Crippen LogP contribution in [0, 0.1) is 12.3 Å². The van der Waals surface area contributed by atoms with E-state index >= 15 is 0 Å². The second-order valence-corrected chi connectivity index (χ2v) is 1.19. The van der Waals surface area contributed by atoms with Crippen molar-refractivity contribution >= 4 is 0 Å². The maximum Gasteiger partial charge on any atom is 0.221 e. The van der Waals surface area contributed by atoms with Crippen LogP contribution in [-0.4, -0.2) is 20.0 Å². The Hall–Kier alpha value is -0.520. The molecule has 0 saturated heterocycles. The van der Waals surface area contributed by atoms with E-state index in [1.807, 2.05) is 6.92 Å². The summed E-state index contributed by atoms with van der Waals surface area (Å²) < 4.78 is 9.56. The van der Waals surface area contributed by atoms with Gasteiger partial charge in [-0.05, 0) is 12.8 Å². The molecule has 2 nitrogen and oxygen atoms in total. The summed E-state index contributed by atoms with van der Waals surface area (Å²) in [6.07, 6.45) is 4.50. The Balaban J connectivity index is 3.26. The molecule has 1 unspecified atom stereocenters. The van der Waals surface area contributed by atoms with Crippen LogP contribution in [-0.2, 0) is 9.47 Å². The van der Waals surface area contributed by atoms with Crippen molar-refractivity contribution in [3.8, 4) is 12.3 Å². The van der Waals surface area contributed by atoms with E-state index in [0.717, 1.165) is 0 Å². The molecule has 0 bridgehead atoms. The SMILES string of the molecule is C#CC(OC)OCC. The summed E-state index contributed by atoms with van der Waals surface area (Å²) >= 11 is 0. The second kappa shape index (κ2) is 4.63. The first kappa shape index (κ1) is 7.48. The van der Waals surface area contributed by atoms with Gasteiger partial charge in [0.05, 0.1) is 0 Å². The van der Waals surface area contributed by atoms with Crippen LogP contribution in [0.2, 0.25) is 0 Å². The highest BCUT2D eigenvalue weighted by Crippen LogP contribution is 1.87. The van der Waals surface area contributed by atoms with Crippen molar-refractivity contribution < 1.29 is 9.47 Å². The van der Waals surface area contributed by atoms with Crippen LogP contribution >= 0.6 is 0 Å². The lowest BCUT2D eigenvalue weighted by Gasteiger charge is -2.05. The van der Waals surface area contributed by atoms with Crippen LogP contribution in [0.1, 0.15) is 6.92 Å². The number of ether oxygens (including phenoxy) is 2. The lowest BCUT2D eigenvalue weighted by Crippen LogP contribution is -2.11. The molecule has 0 radical (unpaired) electrons. The van der Waals surface area contributed by atoms with E-state index in [0.29, 0.717) is 6.61 Å². The van der Waals surface area contributed by atoms with Gasteiger partial charge in [-0.25, -0.2) is 0 Å². The van der Waals surface area contributed by atoms with E-state index in [1.54, 1.807) is 0 Å². The van der Waals surface area contributed by atoms with E-state index in [2.05, 4.69) is 10.7 Å². The maximum atomic E-state index is 4.97. The lowest BCUT2D eigenvalue weighted by molar-refractivity contribution is -0.0792. The summed E-state index contributed by atoms with van der Waals surface area (Å²) in [6.45, 7) is 2.45. The van der Waals surface area contributed by atoms with Gasteiger partial charge in [0, 0.05) is 13.7 Å². The Morgan fingerprint density at radius 2 is 2.38 bits per heavy atom. The van der Waals surface area contributed by atoms with Crippen LogP contribution in [0.3, 0.4) is 0 Å². The minimum absolute atomic E-state index is 0.472. The molecule has 0 rings (SSSR count). The van der Waals surface area contributed by atoms with Crippen molar-refractivity contribution in [1.82, 2.24) is 0 Å². The molecule has 0 spiro atoms. The van der Waals surface area contributed by atoms with Gasteiger partial charge in [0.25, 0.3) is 0 Å². The standard InChI is InChI=1S/C6H10O2/c1-4-6(7-3)8-5-2/h1,6H,5H2,2-3H3. The summed E-state index contributed by atoms with van der Waals surface area (Å²) in [5, 5.41) is 0. The average Bonchev–Trinajstić information content (AvgIpc) is 1.83. The molecule has 1 atom stereocenters. The quantitative estimate of drug-likeness (QED) is 0.395. The van der Waals surface area contributed by atoms with Crippen molar-refractivity contribution in [1.29, 1.82) is 0 Å².